The van der Waals surface area contributed by atoms with Crippen molar-refractivity contribution < 1.29 is 14.3 Å². The lowest BCUT2D eigenvalue weighted by atomic mass is 9.84. The van der Waals surface area contributed by atoms with Crippen LogP contribution in [0.2, 0.25) is 5.02 Å². The van der Waals surface area contributed by atoms with Gasteiger partial charge in [-0.25, -0.2) is 4.79 Å². The number of alkyl carbamates (subject to hydrolysis) is 1. The van der Waals surface area contributed by atoms with Crippen LogP contribution in [-0.4, -0.2) is 31.1 Å². The van der Waals surface area contributed by atoms with E-state index in [1.54, 1.807) is 0 Å². The molecule has 0 bridgehead atoms. The first-order chi connectivity index (χ1) is 24.0. The molecule has 248 valence electrons. The van der Waals surface area contributed by atoms with Crippen LogP contribution >= 0.6 is 11.6 Å². The molecule has 0 radical (unpaired) electrons. The molecule has 0 heterocycles. The average Bonchev–Trinajstić information content (AvgIpc) is 3.45. The van der Waals surface area contributed by atoms with Crippen molar-refractivity contribution in [2.75, 3.05) is 13.2 Å². The lowest BCUT2D eigenvalue weighted by Crippen LogP contribution is -2.41. The monoisotopic (exact) mass is 668 g/mol. The second kappa shape index (κ2) is 16.0. The molecule has 1 aliphatic carbocycles. The van der Waals surface area contributed by atoms with E-state index in [1.807, 2.05) is 78.9 Å². The second-order valence-corrected chi connectivity index (χ2v) is 12.9. The molecule has 5 aromatic rings. The zero-order chi connectivity index (χ0) is 34.2. The van der Waals surface area contributed by atoms with Crippen LogP contribution in [-0.2, 0) is 11.2 Å². The number of fused-ring (bicyclic) bond motifs is 3. The van der Waals surface area contributed by atoms with Crippen molar-refractivity contribution in [2.45, 2.75) is 43.6 Å². The Hall–Kier alpha value is -4.97. The van der Waals surface area contributed by atoms with Crippen LogP contribution in [0.25, 0.3) is 11.1 Å². The maximum Gasteiger partial charge on any atom is 0.407 e. The predicted octanol–water partition coefficient (Wildman–Crippen LogP) is 9.47. The number of rotatable bonds is 14. The van der Waals surface area contributed by atoms with Gasteiger partial charge in [-0.3, -0.25) is 4.79 Å². The van der Waals surface area contributed by atoms with Crippen molar-refractivity contribution in [1.29, 1.82) is 0 Å². The average molecular weight is 669 g/mol. The smallest absolute Gasteiger partial charge is 0.407 e. The summed E-state index contributed by atoms with van der Waals surface area (Å²) in [7, 11) is 0. The molecule has 6 heteroatoms. The highest BCUT2D eigenvalue weighted by Gasteiger charge is 2.30. The number of unbranched alkanes of at least 4 members (excludes halogenated alkanes) is 1. The molecule has 1 aliphatic rings. The van der Waals surface area contributed by atoms with Crippen LogP contribution < -0.4 is 11.1 Å². The van der Waals surface area contributed by atoms with Gasteiger partial charge in [-0.2, -0.15) is 0 Å². The molecule has 0 spiro atoms. The summed E-state index contributed by atoms with van der Waals surface area (Å²) in [5.74, 6) is -0.281. The third-order valence-electron chi connectivity index (χ3n) is 9.32. The molecule has 5 nitrogen and oxygen atoms in total. The van der Waals surface area contributed by atoms with Crippen LogP contribution in [0, 0.1) is 0 Å². The molecule has 5 aromatic carbocycles. The number of ether oxygens (including phenoxy) is 1. The SMILES string of the molecule is C=CCc1ccc(C(c2ccc(Cl)cc2)c2ccc(C(=O)[C@H](CCCCN)NC(=O)OCC3c4ccccc4-c4ccccc43)cc2)cc1. The number of nitrogens with two attached hydrogens (primary N) is 1. The maximum absolute atomic E-state index is 13.9. The summed E-state index contributed by atoms with van der Waals surface area (Å²) in [5.41, 5.74) is 15.3. The number of carbonyl (C=O) groups excluding carboxylic acids is 2. The van der Waals surface area contributed by atoms with E-state index in [4.69, 9.17) is 22.1 Å². The number of halogens is 1. The van der Waals surface area contributed by atoms with Crippen LogP contribution in [0.4, 0.5) is 4.79 Å². The Kier molecular flexibility index (Phi) is 11.0. The van der Waals surface area contributed by atoms with Crippen LogP contribution in [0.3, 0.4) is 0 Å². The minimum atomic E-state index is -0.738. The largest absolute Gasteiger partial charge is 0.449 e. The Morgan fingerprint density at radius 3 is 1.90 bits per heavy atom. The summed E-state index contributed by atoms with van der Waals surface area (Å²) in [6.45, 7) is 4.55. The van der Waals surface area contributed by atoms with E-state index in [0.717, 1.165) is 51.8 Å². The van der Waals surface area contributed by atoms with Gasteiger partial charge >= 0.3 is 6.09 Å². The molecular formula is C43H41ClN2O3. The molecule has 0 saturated carbocycles. The van der Waals surface area contributed by atoms with Crippen LogP contribution in [0.1, 0.15) is 74.8 Å². The standard InChI is InChI=1S/C43H41ClN2O3/c1-2-9-29-15-17-30(18-16-29)41(32-23-25-34(44)26-24-32)31-19-21-33(22-20-31)42(47)40(14-7-8-27-45)46-43(48)49-28-39-37-12-5-3-10-35(37)36-11-4-6-13-38(36)39/h2-6,10-13,15-26,39-41H,1,7-9,14,27-28,45H2,(H,46,48)/t40-,41?/m0/s1. The Labute approximate surface area is 293 Å². The van der Waals surface area contributed by atoms with Gasteiger partial charge < -0.3 is 15.8 Å². The van der Waals surface area contributed by atoms with Gasteiger partial charge in [-0.05, 0) is 88.9 Å². The van der Waals surface area contributed by atoms with Gasteiger partial charge in [0.15, 0.2) is 5.78 Å². The fraction of sp³-hybridized carbons (Fsp3) is 0.209. The number of benzene rings is 5. The number of hydrogen-bond donors (Lipinski definition) is 2. The highest BCUT2D eigenvalue weighted by molar-refractivity contribution is 6.30. The third kappa shape index (κ3) is 7.86. The van der Waals surface area contributed by atoms with Gasteiger partial charge in [0.1, 0.15) is 6.61 Å². The fourth-order valence-corrected chi connectivity index (χ4v) is 6.96. The molecule has 0 fully saturated rings. The van der Waals surface area contributed by atoms with Crippen LogP contribution in [0.5, 0.6) is 0 Å². The summed E-state index contributed by atoms with van der Waals surface area (Å²) in [6.07, 6.45) is 4.02. The summed E-state index contributed by atoms with van der Waals surface area (Å²) in [4.78, 5) is 27.1. The first-order valence-electron chi connectivity index (χ1n) is 16.9. The molecule has 49 heavy (non-hydrogen) atoms. The van der Waals surface area contributed by atoms with Gasteiger partial charge in [0, 0.05) is 22.4 Å². The van der Waals surface area contributed by atoms with Crippen LogP contribution in [0.15, 0.2) is 134 Å². The second-order valence-electron chi connectivity index (χ2n) is 12.5. The van der Waals surface area contributed by atoms with Crippen molar-refractivity contribution in [2.24, 2.45) is 5.73 Å². The third-order valence-corrected chi connectivity index (χ3v) is 9.58. The number of hydrogen-bond acceptors (Lipinski definition) is 4. The number of ketones is 1. The van der Waals surface area contributed by atoms with E-state index in [9.17, 15) is 9.59 Å². The first-order valence-corrected chi connectivity index (χ1v) is 17.3. The number of Topliss-reactive ketones (excluding diaryl/α,β-unsaturated/α-hetero) is 1. The number of allylic oxidation sites excluding steroid dienone is 1. The van der Waals surface area contributed by atoms with E-state index >= 15 is 0 Å². The Morgan fingerprint density at radius 2 is 1.33 bits per heavy atom. The van der Waals surface area contributed by atoms with E-state index in [0.29, 0.717) is 30.0 Å². The Bertz CT molecular complexity index is 1860. The lowest BCUT2D eigenvalue weighted by molar-refractivity contribution is 0.0912. The van der Waals surface area contributed by atoms with Crippen molar-refractivity contribution in [3.8, 4) is 11.1 Å². The van der Waals surface area contributed by atoms with Gasteiger partial charge in [-0.1, -0.05) is 127 Å². The normalized spacial score (nSPS) is 13.2. The van der Waals surface area contributed by atoms with E-state index in [1.165, 1.54) is 5.56 Å². The van der Waals surface area contributed by atoms with Gasteiger partial charge in [0.2, 0.25) is 0 Å². The Balaban J connectivity index is 1.18. The minimum Gasteiger partial charge on any atom is -0.449 e. The molecule has 1 amide bonds. The summed E-state index contributed by atoms with van der Waals surface area (Å²) in [5, 5.41) is 3.56. The van der Waals surface area contributed by atoms with Gasteiger partial charge in [-0.15, -0.1) is 6.58 Å². The quantitative estimate of drug-likeness (QED) is 0.0535. The summed E-state index contributed by atoms with van der Waals surface area (Å²) >= 11 is 6.23. The maximum atomic E-state index is 13.9. The number of carbonyl (C=O) groups is 2. The molecule has 2 atom stereocenters. The number of amides is 1. The minimum absolute atomic E-state index is 0.0569. The zero-order valence-corrected chi connectivity index (χ0v) is 28.2. The van der Waals surface area contributed by atoms with E-state index < -0.39 is 12.1 Å². The van der Waals surface area contributed by atoms with Gasteiger partial charge in [0.05, 0.1) is 6.04 Å². The highest BCUT2D eigenvalue weighted by atomic mass is 35.5. The molecular weight excluding hydrogens is 628 g/mol. The first kappa shape index (κ1) is 33.9. The fourth-order valence-electron chi connectivity index (χ4n) is 6.83. The molecule has 1 unspecified atom stereocenters. The lowest BCUT2D eigenvalue weighted by Gasteiger charge is -2.21. The molecule has 0 aliphatic heterocycles. The van der Waals surface area contributed by atoms with Crippen molar-refractivity contribution >= 4 is 23.5 Å². The number of nitrogens with one attached hydrogen (secondary N) is 1. The van der Waals surface area contributed by atoms with E-state index in [2.05, 4.69) is 60.4 Å². The van der Waals surface area contributed by atoms with Crippen molar-refractivity contribution in [1.82, 2.24) is 5.32 Å². The molecule has 0 saturated heterocycles. The Morgan fingerprint density at radius 1 is 0.776 bits per heavy atom. The summed E-state index contributed by atoms with van der Waals surface area (Å²) in [6, 6.07) is 39.8. The molecule has 6 rings (SSSR count). The summed E-state index contributed by atoms with van der Waals surface area (Å²) < 4.78 is 5.80. The molecule has 0 aromatic heterocycles. The van der Waals surface area contributed by atoms with Crippen molar-refractivity contribution in [3.05, 3.63) is 178 Å². The van der Waals surface area contributed by atoms with E-state index in [-0.39, 0.29) is 24.2 Å². The van der Waals surface area contributed by atoms with Gasteiger partial charge in [0.25, 0.3) is 0 Å². The van der Waals surface area contributed by atoms with Crippen molar-refractivity contribution in [3.63, 3.8) is 0 Å². The topological polar surface area (TPSA) is 81.4 Å². The molecule has 3 N–H and O–H groups in total. The highest BCUT2D eigenvalue weighted by Crippen LogP contribution is 2.44. The predicted molar refractivity (Wildman–Crippen MR) is 198 cm³/mol. The zero-order valence-electron chi connectivity index (χ0n) is 27.5.